The highest BCUT2D eigenvalue weighted by Crippen LogP contribution is 2.35. The predicted octanol–water partition coefficient (Wildman–Crippen LogP) is 3.17. The largest absolute Gasteiger partial charge is 0.493 e. The van der Waals surface area contributed by atoms with Gasteiger partial charge in [0.2, 0.25) is 0 Å². The highest BCUT2D eigenvalue weighted by Gasteiger charge is 2.32. The van der Waals surface area contributed by atoms with Gasteiger partial charge in [-0.2, -0.15) is 0 Å². The fourth-order valence-electron chi connectivity index (χ4n) is 3.35. The highest BCUT2D eigenvalue weighted by molar-refractivity contribution is 7.92. The number of nitrogens with one attached hydrogen (secondary N) is 1. The maximum absolute atomic E-state index is 12.8. The van der Waals surface area contributed by atoms with Crippen molar-refractivity contribution in [3.8, 4) is 11.5 Å². The monoisotopic (exact) mass is 404 g/mol. The third-order valence-electron chi connectivity index (χ3n) is 4.88. The second-order valence-electron chi connectivity index (χ2n) is 6.52. The van der Waals surface area contributed by atoms with E-state index >= 15 is 0 Å². The number of anilines is 1. The Kier molecular flexibility index (Phi) is 6.08. The quantitative estimate of drug-likeness (QED) is 0.827. The molecule has 150 valence electrons. The number of carbonyl (C=O) groups excluding carboxylic acids is 1. The molecular formula is C20H24N2O5S. The molecule has 2 aromatic rings. The zero-order valence-electron chi connectivity index (χ0n) is 15.9. The van der Waals surface area contributed by atoms with E-state index in [0.717, 1.165) is 0 Å². The van der Waals surface area contributed by atoms with Crippen molar-refractivity contribution < 1.29 is 22.7 Å². The number of rotatable bonds is 5. The number of hydrogen-bond acceptors (Lipinski definition) is 5. The first-order chi connectivity index (χ1) is 13.5. The van der Waals surface area contributed by atoms with Crippen LogP contribution in [0.5, 0.6) is 11.5 Å². The molecule has 3 rings (SSSR count). The summed E-state index contributed by atoms with van der Waals surface area (Å²) in [5, 5.41) is 2.34. The minimum Gasteiger partial charge on any atom is -0.493 e. The fraction of sp³-hybridized carbons (Fsp3) is 0.350. The van der Waals surface area contributed by atoms with Gasteiger partial charge in [-0.05, 0) is 37.1 Å². The molecule has 0 aliphatic carbocycles. The van der Waals surface area contributed by atoms with Gasteiger partial charge >= 0.3 is 6.03 Å². The van der Waals surface area contributed by atoms with Crippen LogP contribution in [0.15, 0.2) is 53.4 Å². The van der Waals surface area contributed by atoms with Crippen molar-refractivity contribution in [3.05, 3.63) is 48.5 Å². The van der Waals surface area contributed by atoms with Crippen molar-refractivity contribution in [2.75, 3.05) is 32.6 Å². The van der Waals surface area contributed by atoms with Gasteiger partial charge in [-0.1, -0.05) is 24.3 Å². The van der Waals surface area contributed by atoms with E-state index in [0.29, 0.717) is 48.0 Å². The predicted molar refractivity (Wildman–Crippen MR) is 107 cm³/mol. The second-order valence-corrected chi connectivity index (χ2v) is 8.74. The molecule has 1 aliphatic rings. The summed E-state index contributed by atoms with van der Waals surface area (Å²) < 4.78 is 36.1. The zero-order chi connectivity index (χ0) is 20.1. The van der Waals surface area contributed by atoms with Crippen LogP contribution in [-0.2, 0) is 9.84 Å². The Morgan fingerprint density at radius 2 is 1.68 bits per heavy atom. The SMILES string of the molecule is COc1cccc(NC(=O)N2CCC(S(=O)(=O)c3ccccc3)CC2)c1OC. The number of nitrogens with zero attached hydrogens (tertiary/aromatic N) is 1. The van der Waals surface area contributed by atoms with E-state index in [1.807, 2.05) is 0 Å². The summed E-state index contributed by atoms with van der Waals surface area (Å²) in [4.78, 5) is 14.6. The molecule has 0 aromatic heterocycles. The van der Waals surface area contributed by atoms with Crippen LogP contribution in [0.25, 0.3) is 0 Å². The van der Waals surface area contributed by atoms with Crippen molar-refractivity contribution >= 4 is 21.6 Å². The normalized spacial score (nSPS) is 15.1. The lowest BCUT2D eigenvalue weighted by Gasteiger charge is -2.32. The van der Waals surface area contributed by atoms with Gasteiger partial charge in [-0.15, -0.1) is 0 Å². The number of likely N-dealkylation sites (tertiary alicyclic amines) is 1. The third-order valence-corrected chi connectivity index (χ3v) is 7.16. The molecule has 1 saturated heterocycles. The number of carbonyl (C=O) groups is 1. The number of piperidine rings is 1. The molecular weight excluding hydrogens is 380 g/mol. The van der Waals surface area contributed by atoms with Gasteiger partial charge in [0.25, 0.3) is 0 Å². The minimum atomic E-state index is -3.38. The maximum Gasteiger partial charge on any atom is 0.321 e. The van der Waals surface area contributed by atoms with Crippen molar-refractivity contribution in [3.63, 3.8) is 0 Å². The third kappa shape index (κ3) is 4.06. The molecule has 28 heavy (non-hydrogen) atoms. The smallest absolute Gasteiger partial charge is 0.321 e. The molecule has 7 nitrogen and oxygen atoms in total. The Morgan fingerprint density at radius 1 is 1.00 bits per heavy atom. The number of benzene rings is 2. The molecule has 0 bridgehead atoms. The van der Waals surface area contributed by atoms with Gasteiger partial charge in [0.15, 0.2) is 21.3 Å². The molecule has 8 heteroatoms. The van der Waals surface area contributed by atoms with Gasteiger partial charge in [0, 0.05) is 13.1 Å². The summed E-state index contributed by atoms with van der Waals surface area (Å²) in [6.07, 6.45) is 0.805. The molecule has 2 amide bonds. The summed E-state index contributed by atoms with van der Waals surface area (Å²) >= 11 is 0. The van der Waals surface area contributed by atoms with Gasteiger partial charge in [0.05, 0.1) is 30.1 Å². The number of methoxy groups -OCH3 is 2. The van der Waals surface area contributed by atoms with E-state index in [9.17, 15) is 13.2 Å². The molecule has 0 unspecified atom stereocenters. The van der Waals surface area contributed by atoms with Gasteiger partial charge in [-0.25, -0.2) is 13.2 Å². The Hall–Kier alpha value is -2.74. The van der Waals surface area contributed by atoms with Crippen molar-refractivity contribution in [1.29, 1.82) is 0 Å². The van der Waals surface area contributed by atoms with E-state index < -0.39 is 15.1 Å². The van der Waals surface area contributed by atoms with Crippen molar-refractivity contribution in [2.24, 2.45) is 0 Å². The minimum absolute atomic E-state index is 0.290. The number of hydrogen-bond donors (Lipinski definition) is 1. The van der Waals surface area contributed by atoms with E-state index in [2.05, 4.69) is 5.32 Å². The number of urea groups is 1. The lowest BCUT2D eigenvalue weighted by Crippen LogP contribution is -2.44. The van der Waals surface area contributed by atoms with E-state index in [1.54, 1.807) is 53.4 Å². The molecule has 1 heterocycles. The van der Waals surface area contributed by atoms with Crippen LogP contribution in [0.3, 0.4) is 0 Å². The van der Waals surface area contributed by atoms with E-state index in [4.69, 9.17) is 9.47 Å². The summed E-state index contributed by atoms with van der Waals surface area (Å²) in [7, 11) is -0.348. The Balaban J connectivity index is 1.65. The number of para-hydroxylation sites is 1. The summed E-state index contributed by atoms with van der Waals surface area (Å²) in [5.74, 6) is 0.966. The van der Waals surface area contributed by atoms with Crippen LogP contribution in [0.1, 0.15) is 12.8 Å². The lowest BCUT2D eigenvalue weighted by molar-refractivity contribution is 0.200. The van der Waals surface area contributed by atoms with E-state index in [-0.39, 0.29) is 6.03 Å². The van der Waals surface area contributed by atoms with Crippen LogP contribution < -0.4 is 14.8 Å². The number of sulfone groups is 1. The highest BCUT2D eigenvalue weighted by atomic mass is 32.2. The topological polar surface area (TPSA) is 84.9 Å². The number of amides is 2. The molecule has 2 aromatic carbocycles. The average Bonchev–Trinajstić information content (AvgIpc) is 2.74. The Morgan fingerprint density at radius 3 is 2.29 bits per heavy atom. The summed E-state index contributed by atoms with van der Waals surface area (Å²) in [5.41, 5.74) is 0.505. The van der Waals surface area contributed by atoms with Gasteiger partial charge < -0.3 is 19.7 Å². The van der Waals surface area contributed by atoms with Gasteiger partial charge in [-0.3, -0.25) is 0 Å². The summed E-state index contributed by atoms with van der Waals surface area (Å²) in [6, 6.07) is 13.4. The number of ether oxygens (including phenoxy) is 2. The Labute approximate surface area is 165 Å². The molecule has 1 aliphatic heterocycles. The molecule has 0 radical (unpaired) electrons. The maximum atomic E-state index is 12.8. The van der Waals surface area contributed by atoms with Gasteiger partial charge in [0.1, 0.15) is 0 Å². The van der Waals surface area contributed by atoms with Crippen LogP contribution in [0.2, 0.25) is 0 Å². The first kappa shape index (κ1) is 20.0. The Bertz CT molecular complexity index is 923. The second kappa shape index (κ2) is 8.52. The van der Waals surface area contributed by atoms with Crippen LogP contribution in [0, 0.1) is 0 Å². The summed E-state index contributed by atoms with van der Waals surface area (Å²) in [6.45, 7) is 0.740. The zero-order valence-corrected chi connectivity index (χ0v) is 16.7. The first-order valence-corrected chi connectivity index (χ1v) is 10.6. The average molecular weight is 404 g/mol. The fourth-order valence-corrected chi connectivity index (χ4v) is 5.10. The van der Waals surface area contributed by atoms with Crippen LogP contribution >= 0.6 is 0 Å². The molecule has 0 saturated carbocycles. The molecule has 1 fully saturated rings. The van der Waals surface area contributed by atoms with Crippen LogP contribution in [-0.4, -0.2) is 51.9 Å². The van der Waals surface area contributed by atoms with Crippen molar-refractivity contribution in [1.82, 2.24) is 4.90 Å². The van der Waals surface area contributed by atoms with Crippen molar-refractivity contribution in [2.45, 2.75) is 23.0 Å². The first-order valence-electron chi connectivity index (χ1n) is 9.03. The molecule has 0 spiro atoms. The molecule has 1 N–H and O–H groups in total. The van der Waals surface area contributed by atoms with Crippen LogP contribution in [0.4, 0.5) is 10.5 Å². The van der Waals surface area contributed by atoms with E-state index in [1.165, 1.54) is 14.2 Å². The standard InChI is InChI=1S/C20H24N2O5S/c1-26-18-10-6-9-17(19(18)27-2)21-20(23)22-13-11-16(12-14-22)28(24,25)15-7-4-3-5-8-15/h3-10,16H,11-14H2,1-2H3,(H,21,23). The lowest BCUT2D eigenvalue weighted by atomic mass is 10.1. The molecule has 0 atom stereocenters.